The van der Waals surface area contributed by atoms with E-state index in [1.807, 2.05) is 0 Å². The van der Waals surface area contributed by atoms with E-state index in [0.717, 1.165) is 19.5 Å². The van der Waals surface area contributed by atoms with Gasteiger partial charge in [-0.3, -0.25) is 4.99 Å². The molecule has 2 heteroatoms. The Hall–Kier alpha value is -2.09. The topological polar surface area (TPSA) is 15.6 Å². The van der Waals surface area contributed by atoms with Crippen LogP contribution in [0.3, 0.4) is 0 Å². The van der Waals surface area contributed by atoms with Crippen molar-refractivity contribution in [3.63, 3.8) is 0 Å². The first-order chi connectivity index (χ1) is 12.8. The van der Waals surface area contributed by atoms with Crippen molar-refractivity contribution in [2.24, 2.45) is 4.99 Å². The van der Waals surface area contributed by atoms with Gasteiger partial charge < -0.3 is 4.90 Å². The standard InChI is InChI=1S/C25H34N2/c1-16-10-18(3)24(19(4)11-16)22(7)14-23(27-9-8-26-15-27)25-20(5)12-17(2)13-21(25)6/h10-13,15,22-23H,8-9,14H2,1-7H3. The molecule has 2 atom stereocenters. The quantitative estimate of drug-likeness (QED) is 0.626. The lowest BCUT2D eigenvalue weighted by Crippen LogP contribution is -2.28. The predicted octanol–water partition coefficient (Wildman–Crippen LogP) is 6.12. The van der Waals surface area contributed by atoms with Crippen molar-refractivity contribution in [1.82, 2.24) is 4.90 Å². The van der Waals surface area contributed by atoms with E-state index in [9.17, 15) is 0 Å². The van der Waals surface area contributed by atoms with Crippen LogP contribution in [0.1, 0.15) is 69.8 Å². The number of hydrogen-bond acceptors (Lipinski definition) is 2. The Labute approximate surface area is 165 Å². The van der Waals surface area contributed by atoms with Gasteiger partial charge in [0.05, 0.1) is 18.9 Å². The summed E-state index contributed by atoms with van der Waals surface area (Å²) in [6.07, 6.45) is 3.19. The zero-order chi connectivity index (χ0) is 19.7. The van der Waals surface area contributed by atoms with Crippen LogP contribution in [-0.2, 0) is 0 Å². The smallest absolute Gasteiger partial charge is 0.0856 e. The normalized spacial score (nSPS) is 16.0. The summed E-state index contributed by atoms with van der Waals surface area (Å²) in [4.78, 5) is 6.97. The van der Waals surface area contributed by atoms with E-state index in [1.165, 1.54) is 44.5 Å². The molecule has 1 heterocycles. The number of hydrogen-bond donors (Lipinski definition) is 0. The summed E-state index contributed by atoms with van der Waals surface area (Å²) in [5.41, 5.74) is 11.4. The van der Waals surface area contributed by atoms with Crippen molar-refractivity contribution in [2.45, 2.75) is 66.8 Å². The van der Waals surface area contributed by atoms with E-state index < -0.39 is 0 Å². The molecule has 0 spiro atoms. The maximum Gasteiger partial charge on any atom is 0.0856 e. The highest BCUT2D eigenvalue weighted by molar-refractivity contribution is 5.59. The second-order valence-corrected chi connectivity index (χ2v) is 8.54. The second-order valence-electron chi connectivity index (χ2n) is 8.54. The lowest BCUT2D eigenvalue weighted by atomic mass is 9.82. The summed E-state index contributed by atoms with van der Waals surface area (Å²) >= 11 is 0. The van der Waals surface area contributed by atoms with E-state index in [2.05, 4.69) is 89.0 Å². The molecule has 0 N–H and O–H groups in total. The van der Waals surface area contributed by atoms with Crippen molar-refractivity contribution in [3.05, 3.63) is 68.8 Å². The molecule has 0 bridgehead atoms. The maximum absolute atomic E-state index is 4.52. The Morgan fingerprint density at radius 3 is 1.74 bits per heavy atom. The van der Waals surface area contributed by atoms with Crippen molar-refractivity contribution in [3.8, 4) is 0 Å². The van der Waals surface area contributed by atoms with Crippen LogP contribution in [0.15, 0.2) is 29.3 Å². The van der Waals surface area contributed by atoms with Gasteiger partial charge in [0.2, 0.25) is 0 Å². The van der Waals surface area contributed by atoms with E-state index in [4.69, 9.17) is 0 Å². The highest BCUT2D eigenvalue weighted by Crippen LogP contribution is 2.38. The average molecular weight is 363 g/mol. The molecule has 0 fully saturated rings. The summed E-state index contributed by atoms with van der Waals surface area (Å²) in [5, 5.41) is 0. The van der Waals surface area contributed by atoms with Crippen LogP contribution in [0.2, 0.25) is 0 Å². The molecule has 1 aliphatic heterocycles. The molecule has 2 aromatic rings. The number of aliphatic imine (C=N–C) groups is 1. The number of benzene rings is 2. The lowest BCUT2D eigenvalue weighted by molar-refractivity contribution is 0.315. The fraction of sp³-hybridized carbons (Fsp3) is 0.480. The zero-order valence-corrected chi connectivity index (χ0v) is 18.1. The van der Waals surface area contributed by atoms with Gasteiger partial charge in [-0.25, -0.2) is 0 Å². The molecule has 144 valence electrons. The van der Waals surface area contributed by atoms with Crippen molar-refractivity contribution < 1.29 is 0 Å². The summed E-state index contributed by atoms with van der Waals surface area (Å²) in [7, 11) is 0. The van der Waals surface area contributed by atoms with Crippen LogP contribution in [0, 0.1) is 41.5 Å². The Morgan fingerprint density at radius 2 is 1.30 bits per heavy atom. The first-order valence-electron chi connectivity index (χ1n) is 10.2. The van der Waals surface area contributed by atoms with Gasteiger partial charge >= 0.3 is 0 Å². The Kier molecular flexibility index (Phi) is 5.74. The third-order valence-corrected chi connectivity index (χ3v) is 6.00. The minimum Gasteiger partial charge on any atom is -0.354 e. The first-order valence-corrected chi connectivity index (χ1v) is 10.2. The Bertz CT molecular complexity index is 817. The minimum atomic E-state index is 0.381. The fourth-order valence-corrected chi connectivity index (χ4v) is 5.19. The molecule has 27 heavy (non-hydrogen) atoms. The largest absolute Gasteiger partial charge is 0.354 e. The molecule has 0 aliphatic carbocycles. The third kappa shape index (κ3) is 4.10. The van der Waals surface area contributed by atoms with Gasteiger partial charge in [-0.1, -0.05) is 42.3 Å². The van der Waals surface area contributed by atoms with Crippen LogP contribution < -0.4 is 0 Å². The molecule has 2 unspecified atom stereocenters. The highest BCUT2D eigenvalue weighted by Gasteiger charge is 2.27. The number of nitrogens with zero attached hydrogens (tertiary/aromatic N) is 2. The zero-order valence-electron chi connectivity index (χ0n) is 18.1. The minimum absolute atomic E-state index is 0.381. The summed E-state index contributed by atoms with van der Waals surface area (Å²) < 4.78 is 0. The van der Waals surface area contributed by atoms with Crippen molar-refractivity contribution >= 4 is 6.34 Å². The van der Waals surface area contributed by atoms with Crippen LogP contribution in [0.4, 0.5) is 0 Å². The van der Waals surface area contributed by atoms with Crippen LogP contribution in [-0.4, -0.2) is 24.3 Å². The van der Waals surface area contributed by atoms with Gasteiger partial charge in [0.25, 0.3) is 0 Å². The summed E-state index contributed by atoms with van der Waals surface area (Å²) in [6.45, 7) is 17.8. The monoisotopic (exact) mass is 362 g/mol. The molecular weight excluding hydrogens is 328 g/mol. The molecule has 0 saturated carbocycles. The van der Waals surface area contributed by atoms with Gasteiger partial charge in [-0.05, 0) is 87.3 Å². The van der Waals surface area contributed by atoms with Gasteiger partial charge in [0.1, 0.15) is 0 Å². The fourth-order valence-electron chi connectivity index (χ4n) is 5.19. The van der Waals surface area contributed by atoms with Crippen LogP contribution >= 0.6 is 0 Å². The van der Waals surface area contributed by atoms with E-state index in [-0.39, 0.29) is 0 Å². The number of aryl methyl sites for hydroxylation is 6. The van der Waals surface area contributed by atoms with Gasteiger partial charge in [-0.2, -0.15) is 0 Å². The van der Waals surface area contributed by atoms with E-state index in [0.29, 0.717) is 12.0 Å². The van der Waals surface area contributed by atoms with Gasteiger partial charge in [0.15, 0.2) is 0 Å². The molecular formula is C25H34N2. The van der Waals surface area contributed by atoms with Crippen LogP contribution in [0.5, 0.6) is 0 Å². The second kappa shape index (κ2) is 7.88. The molecule has 0 aromatic heterocycles. The van der Waals surface area contributed by atoms with E-state index >= 15 is 0 Å². The summed E-state index contributed by atoms with van der Waals surface area (Å²) in [5.74, 6) is 0.504. The first kappa shape index (κ1) is 19.7. The molecule has 0 amide bonds. The predicted molar refractivity (Wildman–Crippen MR) is 117 cm³/mol. The molecule has 3 rings (SSSR count). The van der Waals surface area contributed by atoms with Crippen molar-refractivity contribution in [2.75, 3.05) is 13.1 Å². The Balaban J connectivity index is 2.00. The van der Waals surface area contributed by atoms with Crippen molar-refractivity contribution in [1.29, 1.82) is 0 Å². The van der Waals surface area contributed by atoms with Gasteiger partial charge in [-0.15, -0.1) is 0 Å². The molecule has 2 nitrogen and oxygen atoms in total. The average Bonchev–Trinajstić information content (AvgIpc) is 3.06. The summed E-state index contributed by atoms with van der Waals surface area (Å²) in [6, 6.07) is 9.69. The lowest BCUT2D eigenvalue weighted by Gasteiger charge is -2.33. The van der Waals surface area contributed by atoms with E-state index in [1.54, 1.807) is 0 Å². The van der Waals surface area contributed by atoms with Crippen LogP contribution in [0.25, 0.3) is 0 Å². The molecule has 0 saturated heterocycles. The maximum atomic E-state index is 4.52. The third-order valence-electron chi connectivity index (χ3n) is 6.00. The Morgan fingerprint density at radius 1 is 0.815 bits per heavy atom. The van der Waals surface area contributed by atoms with Gasteiger partial charge in [0, 0.05) is 6.54 Å². The molecule has 0 radical (unpaired) electrons. The number of rotatable bonds is 5. The molecule has 1 aliphatic rings. The highest BCUT2D eigenvalue weighted by atomic mass is 15.2. The molecule has 2 aromatic carbocycles. The SMILES string of the molecule is Cc1cc(C)c(C(C)CC(c2c(C)cc(C)cc2C)N2C=NCC2)c(C)c1.